The predicted octanol–water partition coefficient (Wildman–Crippen LogP) is 2.34. The number of nitrogens with one attached hydrogen (secondary N) is 2. The fourth-order valence-corrected chi connectivity index (χ4v) is 4.30. The van der Waals surface area contributed by atoms with Crippen LogP contribution in [0.5, 0.6) is 0 Å². The Balaban J connectivity index is 0.00000256. The fourth-order valence-electron chi connectivity index (χ4n) is 4.30. The molecule has 2 amide bonds. The molecule has 0 bridgehead atoms. The van der Waals surface area contributed by atoms with Gasteiger partial charge in [-0.25, -0.2) is 0 Å². The Kier molecular flexibility index (Phi) is 7.50. The highest BCUT2D eigenvalue weighted by molar-refractivity contribution is 5.93. The maximum Gasteiger partial charge on any atom is 0.229 e. The number of anilines is 1. The lowest BCUT2D eigenvalue weighted by molar-refractivity contribution is -0.130. The number of likely N-dealkylation sites (tertiary alicyclic amines) is 1. The van der Waals surface area contributed by atoms with E-state index in [9.17, 15) is 9.59 Å². The molecule has 30 heavy (non-hydrogen) atoms. The quantitative estimate of drug-likeness (QED) is 0.735. The van der Waals surface area contributed by atoms with Crippen molar-refractivity contribution in [3.05, 3.63) is 47.8 Å². The molecular weight excluding hydrogens is 402 g/mol. The average Bonchev–Trinajstić information content (AvgIpc) is 3.48. The van der Waals surface area contributed by atoms with Gasteiger partial charge in [0.25, 0.3) is 0 Å². The van der Waals surface area contributed by atoms with Crippen LogP contribution in [0.2, 0.25) is 0 Å². The highest BCUT2D eigenvalue weighted by Gasteiger charge is 2.34. The molecule has 0 unspecified atom stereocenters. The number of hydrogen-bond acceptors (Lipinski definition) is 4. The van der Waals surface area contributed by atoms with Crippen molar-refractivity contribution < 1.29 is 9.59 Å². The van der Waals surface area contributed by atoms with E-state index in [4.69, 9.17) is 0 Å². The SMILES string of the molecule is Cl.Cn1cc([C@H]2CNC[C@@H]2C(=O)Nc2ccc(CCC(=O)N3CCCC3)cc2)cn1. The summed E-state index contributed by atoms with van der Waals surface area (Å²) in [6.07, 6.45) is 7.36. The topological polar surface area (TPSA) is 79.3 Å². The minimum atomic E-state index is -0.114. The third-order valence-electron chi connectivity index (χ3n) is 6.01. The molecule has 1 aromatic carbocycles. The van der Waals surface area contributed by atoms with E-state index >= 15 is 0 Å². The van der Waals surface area contributed by atoms with Crippen LogP contribution in [0.25, 0.3) is 0 Å². The first-order valence-electron chi connectivity index (χ1n) is 10.5. The van der Waals surface area contributed by atoms with Crippen LogP contribution in [0.3, 0.4) is 0 Å². The number of halogens is 1. The molecule has 0 aliphatic carbocycles. The van der Waals surface area contributed by atoms with E-state index in [1.807, 2.05) is 48.6 Å². The van der Waals surface area contributed by atoms with Crippen LogP contribution in [-0.4, -0.2) is 52.7 Å². The molecule has 7 nitrogen and oxygen atoms in total. The van der Waals surface area contributed by atoms with Gasteiger partial charge in [0.2, 0.25) is 11.8 Å². The number of rotatable bonds is 6. The normalized spacial score (nSPS) is 20.8. The number of aryl methyl sites for hydroxylation is 2. The van der Waals surface area contributed by atoms with Gasteiger partial charge in [0.1, 0.15) is 0 Å². The van der Waals surface area contributed by atoms with Gasteiger partial charge < -0.3 is 15.5 Å². The van der Waals surface area contributed by atoms with Crippen molar-refractivity contribution in [2.45, 2.75) is 31.6 Å². The maximum absolute atomic E-state index is 12.8. The third-order valence-corrected chi connectivity index (χ3v) is 6.01. The van der Waals surface area contributed by atoms with Crippen LogP contribution < -0.4 is 10.6 Å². The Labute approximate surface area is 183 Å². The molecule has 0 spiro atoms. The zero-order valence-electron chi connectivity index (χ0n) is 17.3. The summed E-state index contributed by atoms with van der Waals surface area (Å²) in [7, 11) is 1.89. The zero-order chi connectivity index (χ0) is 20.2. The summed E-state index contributed by atoms with van der Waals surface area (Å²) in [5.41, 5.74) is 3.00. The van der Waals surface area contributed by atoms with Crippen LogP contribution in [0.4, 0.5) is 5.69 Å². The van der Waals surface area contributed by atoms with Gasteiger partial charge in [-0.15, -0.1) is 12.4 Å². The Morgan fingerprint density at radius 2 is 1.90 bits per heavy atom. The lowest BCUT2D eigenvalue weighted by Crippen LogP contribution is -2.28. The van der Waals surface area contributed by atoms with Crippen molar-refractivity contribution in [1.82, 2.24) is 20.0 Å². The minimum absolute atomic E-state index is 0. The number of amides is 2. The van der Waals surface area contributed by atoms with Gasteiger partial charge in [0.05, 0.1) is 12.1 Å². The molecule has 1 aromatic heterocycles. The van der Waals surface area contributed by atoms with Crippen LogP contribution in [0.1, 0.15) is 36.3 Å². The monoisotopic (exact) mass is 431 g/mol. The van der Waals surface area contributed by atoms with E-state index in [-0.39, 0.29) is 36.1 Å². The molecule has 2 aliphatic rings. The van der Waals surface area contributed by atoms with Crippen LogP contribution in [0.15, 0.2) is 36.7 Å². The van der Waals surface area contributed by atoms with Crippen LogP contribution >= 0.6 is 12.4 Å². The predicted molar refractivity (Wildman–Crippen MR) is 119 cm³/mol. The molecule has 2 aliphatic heterocycles. The summed E-state index contributed by atoms with van der Waals surface area (Å²) < 4.78 is 1.77. The standard InChI is InChI=1S/C22H29N5O2.ClH/c1-26-15-17(12-24-26)19-13-23-14-20(19)22(29)25-18-7-4-16(5-8-18)6-9-21(28)27-10-2-3-11-27;/h4-5,7-8,12,15,19-20,23H,2-3,6,9-11,13-14H2,1H3,(H,25,29);1H/t19-,20+;/m1./s1. The molecule has 4 rings (SSSR count). The zero-order valence-corrected chi connectivity index (χ0v) is 18.2. The van der Waals surface area contributed by atoms with Gasteiger partial charge in [0.15, 0.2) is 0 Å². The molecule has 2 aromatic rings. The number of nitrogens with zero attached hydrogens (tertiary/aromatic N) is 3. The lowest BCUT2D eigenvalue weighted by Gasteiger charge is -2.17. The summed E-state index contributed by atoms with van der Waals surface area (Å²) in [5, 5.41) is 10.6. The maximum atomic E-state index is 12.8. The van der Waals surface area contributed by atoms with Gasteiger partial charge in [-0.05, 0) is 42.5 Å². The van der Waals surface area contributed by atoms with E-state index in [0.717, 1.165) is 55.7 Å². The summed E-state index contributed by atoms with van der Waals surface area (Å²) in [6.45, 7) is 3.26. The molecule has 0 saturated carbocycles. The van der Waals surface area contributed by atoms with Gasteiger partial charge in [-0.1, -0.05) is 12.1 Å². The van der Waals surface area contributed by atoms with Gasteiger partial charge >= 0.3 is 0 Å². The van der Waals surface area contributed by atoms with Gasteiger partial charge in [0, 0.05) is 57.4 Å². The smallest absolute Gasteiger partial charge is 0.229 e. The first kappa shape index (κ1) is 22.3. The second-order valence-electron chi connectivity index (χ2n) is 8.09. The third kappa shape index (κ3) is 5.21. The molecule has 0 radical (unpaired) electrons. The minimum Gasteiger partial charge on any atom is -0.343 e. The van der Waals surface area contributed by atoms with E-state index < -0.39 is 0 Å². The number of carbonyl (C=O) groups excluding carboxylic acids is 2. The van der Waals surface area contributed by atoms with Crippen molar-refractivity contribution >= 4 is 29.9 Å². The first-order chi connectivity index (χ1) is 14.1. The number of aromatic nitrogens is 2. The average molecular weight is 432 g/mol. The molecule has 2 fully saturated rings. The Bertz CT molecular complexity index is 861. The van der Waals surface area contributed by atoms with Crippen LogP contribution in [0, 0.1) is 5.92 Å². The highest BCUT2D eigenvalue weighted by Crippen LogP contribution is 2.29. The molecule has 2 N–H and O–H groups in total. The van der Waals surface area contributed by atoms with Crippen molar-refractivity contribution in [2.24, 2.45) is 13.0 Å². The van der Waals surface area contributed by atoms with Crippen molar-refractivity contribution in [3.8, 4) is 0 Å². The second-order valence-corrected chi connectivity index (χ2v) is 8.09. The fraction of sp³-hybridized carbons (Fsp3) is 0.500. The van der Waals surface area contributed by atoms with E-state index in [2.05, 4.69) is 15.7 Å². The van der Waals surface area contributed by atoms with Crippen molar-refractivity contribution in [3.63, 3.8) is 0 Å². The van der Waals surface area contributed by atoms with Crippen LogP contribution in [-0.2, 0) is 23.1 Å². The largest absolute Gasteiger partial charge is 0.343 e. The summed E-state index contributed by atoms with van der Waals surface area (Å²) in [6, 6.07) is 7.85. The van der Waals surface area contributed by atoms with E-state index in [0.29, 0.717) is 13.0 Å². The summed E-state index contributed by atoms with van der Waals surface area (Å²) in [4.78, 5) is 27.0. The second kappa shape index (κ2) is 10.1. The molecule has 162 valence electrons. The molecule has 3 heterocycles. The molecule has 2 saturated heterocycles. The van der Waals surface area contributed by atoms with Crippen molar-refractivity contribution in [1.29, 1.82) is 0 Å². The number of hydrogen-bond donors (Lipinski definition) is 2. The van der Waals surface area contributed by atoms with Crippen molar-refractivity contribution in [2.75, 3.05) is 31.5 Å². The Morgan fingerprint density at radius 1 is 1.17 bits per heavy atom. The lowest BCUT2D eigenvalue weighted by atomic mass is 9.90. The van der Waals surface area contributed by atoms with Gasteiger partial charge in [-0.2, -0.15) is 5.10 Å². The number of carbonyl (C=O) groups is 2. The number of benzene rings is 1. The Hall–Kier alpha value is -2.38. The van der Waals surface area contributed by atoms with Gasteiger partial charge in [-0.3, -0.25) is 14.3 Å². The Morgan fingerprint density at radius 3 is 2.57 bits per heavy atom. The highest BCUT2D eigenvalue weighted by atomic mass is 35.5. The molecule has 8 heteroatoms. The molecular formula is C22H30ClN5O2. The molecule has 2 atom stereocenters. The van der Waals surface area contributed by atoms with E-state index in [1.165, 1.54) is 0 Å². The first-order valence-corrected chi connectivity index (χ1v) is 10.5. The summed E-state index contributed by atoms with van der Waals surface area (Å²) in [5.74, 6) is 0.299. The van der Waals surface area contributed by atoms with E-state index in [1.54, 1.807) is 4.68 Å². The summed E-state index contributed by atoms with van der Waals surface area (Å²) >= 11 is 0.